The van der Waals surface area contributed by atoms with Crippen molar-refractivity contribution in [2.24, 2.45) is 0 Å². The zero-order valence-corrected chi connectivity index (χ0v) is 27.2. The number of carbonyl (C=O) groups is 1. The van der Waals surface area contributed by atoms with E-state index in [1.807, 2.05) is 49.4 Å². The van der Waals surface area contributed by atoms with Crippen molar-refractivity contribution in [3.05, 3.63) is 68.4 Å². The first-order chi connectivity index (χ1) is 17.9. The minimum atomic E-state index is -0.292. The molecule has 0 radical (unpaired) electrons. The van der Waals surface area contributed by atoms with E-state index in [0.717, 1.165) is 19.3 Å². The summed E-state index contributed by atoms with van der Waals surface area (Å²) in [5, 5.41) is 0. The monoisotopic (exact) mass is 538 g/mol. The minimum Gasteiger partial charge on any atom is -0.465 e. The van der Waals surface area contributed by atoms with E-state index in [-0.39, 0.29) is 16.8 Å². The molecule has 38 heavy (non-hydrogen) atoms. The van der Waals surface area contributed by atoms with Crippen LogP contribution in [0.3, 0.4) is 0 Å². The van der Waals surface area contributed by atoms with E-state index in [9.17, 15) is 4.79 Å². The smallest absolute Gasteiger partial charge is 0.337 e. The molecule has 2 nitrogen and oxygen atoms in total. The number of thiophene rings is 1. The van der Waals surface area contributed by atoms with Crippen LogP contribution in [0, 0.1) is 6.92 Å². The molecule has 2 aromatic rings. The summed E-state index contributed by atoms with van der Waals surface area (Å²) in [7, 11) is 1.42. The minimum absolute atomic E-state index is 0.244. The summed E-state index contributed by atoms with van der Waals surface area (Å²) in [5.41, 5.74) is 7.95. The molecule has 3 rings (SSSR count). The summed E-state index contributed by atoms with van der Waals surface area (Å²) in [6.45, 7) is 24.7. The molecule has 0 atom stereocenters. The van der Waals surface area contributed by atoms with Crippen LogP contribution < -0.4 is 0 Å². The molecule has 0 amide bonds. The Labute approximate surface area is 238 Å². The van der Waals surface area contributed by atoms with E-state index in [1.54, 1.807) is 10.4 Å². The third kappa shape index (κ3) is 8.43. The predicted molar refractivity (Wildman–Crippen MR) is 171 cm³/mol. The van der Waals surface area contributed by atoms with Crippen molar-refractivity contribution in [2.75, 3.05) is 7.11 Å². The lowest BCUT2D eigenvalue weighted by molar-refractivity contribution is 0.0600. The quantitative estimate of drug-likeness (QED) is 0.259. The number of carbonyl (C=O) groups excluding carboxylic acids is 1. The van der Waals surface area contributed by atoms with E-state index < -0.39 is 0 Å². The average Bonchev–Trinajstić information content (AvgIpc) is 3.28. The van der Waals surface area contributed by atoms with Gasteiger partial charge in [-0.2, -0.15) is 0 Å². The first-order valence-corrected chi connectivity index (χ1v) is 15.5. The van der Waals surface area contributed by atoms with Crippen LogP contribution in [0.2, 0.25) is 0 Å². The topological polar surface area (TPSA) is 26.3 Å². The Morgan fingerprint density at radius 3 is 1.97 bits per heavy atom. The highest BCUT2D eigenvalue weighted by Gasteiger charge is 2.40. The van der Waals surface area contributed by atoms with Crippen molar-refractivity contribution in [1.29, 1.82) is 0 Å². The summed E-state index contributed by atoms with van der Waals surface area (Å²) in [4.78, 5) is 14.8. The molecule has 1 aromatic heterocycles. The van der Waals surface area contributed by atoms with Gasteiger partial charge in [-0.05, 0) is 90.3 Å². The van der Waals surface area contributed by atoms with Gasteiger partial charge >= 0.3 is 5.97 Å². The summed E-state index contributed by atoms with van der Waals surface area (Å²) in [5.74, 6) is -0.292. The second-order valence-electron chi connectivity index (χ2n) is 11.4. The second kappa shape index (κ2) is 15.5. The van der Waals surface area contributed by atoms with Crippen molar-refractivity contribution in [1.82, 2.24) is 0 Å². The van der Waals surface area contributed by atoms with Crippen LogP contribution in [0.5, 0.6) is 0 Å². The van der Waals surface area contributed by atoms with Crippen molar-refractivity contribution in [2.45, 2.75) is 126 Å². The average molecular weight is 539 g/mol. The van der Waals surface area contributed by atoms with Crippen LogP contribution in [0.25, 0.3) is 11.1 Å². The number of ether oxygens (including phenoxy) is 1. The molecule has 1 aliphatic carbocycles. The largest absolute Gasteiger partial charge is 0.465 e. The number of hydrogen-bond donors (Lipinski definition) is 0. The molecule has 0 spiro atoms. The van der Waals surface area contributed by atoms with Gasteiger partial charge in [0.25, 0.3) is 0 Å². The van der Waals surface area contributed by atoms with Crippen molar-refractivity contribution < 1.29 is 9.53 Å². The summed E-state index contributed by atoms with van der Waals surface area (Å²) < 4.78 is 4.84. The number of allylic oxidation sites excluding steroid dienone is 4. The molecule has 0 unspecified atom stereocenters. The molecular formula is C35H54O2S. The number of rotatable bonds is 7. The van der Waals surface area contributed by atoms with Crippen molar-refractivity contribution in [3.8, 4) is 0 Å². The number of hydrogen-bond acceptors (Lipinski definition) is 3. The maximum absolute atomic E-state index is 11.8. The molecule has 0 saturated carbocycles. The summed E-state index contributed by atoms with van der Waals surface area (Å²) in [6, 6.07) is 7.80. The Bertz CT molecular complexity index is 1080. The fourth-order valence-electron chi connectivity index (χ4n) is 4.98. The Morgan fingerprint density at radius 1 is 0.947 bits per heavy atom. The van der Waals surface area contributed by atoms with Gasteiger partial charge in [0.1, 0.15) is 0 Å². The van der Waals surface area contributed by atoms with Crippen LogP contribution >= 0.6 is 11.3 Å². The number of esters is 1. The molecule has 1 heterocycles. The molecule has 212 valence electrons. The summed E-state index contributed by atoms with van der Waals surface area (Å²) in [6.07, 6.45) is 11.6. The SMILES string of the molecule is CC.CCC.CCCC/C(=C\C=C(/C)c1sc2c(c1C)C(C)(C)CCC2(C)C)c1ccc(C(=O)OC)cc1. The van der Waals surface area contributed by atoms with Crippen molar-refractivity contribution >= 4 is 28.5 Å². The Hall–Kier alpha value is -2.13. The van der Waals surface area contributed by atoms with Crippen molar-refractivity contribution in [3.63, 3.8) is 0 Å². The maximum atomic E-state index is 11.8. The highest BCUT2D eigenvalue weighted by atomic mass is 32.1. The van der Waals surface area contributed by atoms with Gasteiger partial charge in [-0.25, -0.2) is 4.79 Å². The van der Waals surface area contributed by atoms with Crippen LogP contribution in [0.1, 0.15) is 145 Å². The Morgan fingerprint density at radius 2 is 1.47 bits per heavy atom. The van der Waals surface area contributed by atoms with Crippen LogP contribution in [-0.2, 0) is 15.6 Å². The van der Waals surface area contributed by atoms with Gasteiger partial charge in [-0.15, -0.1) is 11.3 Å². The van der Waals surface area contributed by atoms with Crippen LogP contribution in [-0.4, -0.2) is 13.1 Å². The second-order valence-corrected chi connectivity index (χ2v) is 12.5. The third-order valence-corrected chi connectivity index (χ3v) is 8.98. The molecule has 0 aliphatic heterocycles. The normalized spacial score (nSPS) is 15.9. The molecule has 1 aromatic carbocycles. The highest BCUT2D eigenvalue weighted by molar-refractivity contribution is 7.13. The zero-order valence-electron chi connectivity index (χ0n) is 26.4. The first-order valence-electron chi connectivity index (χ1n) is 14.6. The number of unbranched alkanes of at least 4 members (excludes halogenated alkanes) is 1. The zero-order chi connectivity index (χ0) is 29.1. The lowest BCUT2D eigenvalue weighted by Gasteiger charge is -2.39. The van der Waals surface area contributed by atoms with Crippen LogP contribution in [0.15, 0.2) is 36.4 Å². The lowest BCUT2D eigenvalue weighted by atomic mass is 9.66. The summed E-state index contributed by atoms with van der Waals surface area (Å²) >= 11 is 2.00. The molecule has 0 saturated heterocycles. The molecule has 1 aliphatic rings. The van der Waals surface area contributed by atoms with Crippen LogP contribution in [0.4, 0.5) is 0 Å². The Balaban J connectivity index is 0.00000135. The fourth-order valence-corrected chi connectivity index (χ4v) is 6.57. The molecular weight excluding hydrogens is 484 g/mol. The van der Waals surface area contributed by atoms with Gasteiger partial charge in [0.05, 0.1) is 12.7 Å². The lowest BCUT2D eigenvalue weighted by Crippen LogP contribution is -2.32. The van der Waals surface area contributed by atoms with Gasteiger partial charge < -0.3 is 4.74 Å². The van der Waals surface area contributed by atoms with Gasteiger partial charge in [-0.1, -0.05) is 99.4 Å². The fraction of sp³-hybridized carbons (Fsp3) is 0.571. The van der Waals surface area contributed by atoms with E-state index in [4.69, 9.17) is 4.74 Å². The molecule has 3 heteroatoms. The first kappa shape index (κ1) is 33.9. The van der Waals surface area contributed by atoms with Gasteiger partial charge in [0.15, 0.2) is 0 Å². The molecule has 0 fully saturated rings. The van der Waals surface area contributed by atoms with E-state index >= 15 is 0 Å². The maximum Gasteiger partial charge on any atom is 0.337 e. The van der Waals surface area contributed by atoms with E-state index in [0.29, 0.717) is 5.56 Å². The van der Waals surface area contributed by atoms with E-state index in [1.165, 1.54) is 53.5 Å². The predicted octanol–water partition coefficient (Wildman–Crippen LogP) is 11.3. The Kier molecular flexibility index (Phi) is 13.8. The van der Waals surface area contributed by atoms with E-state index in [2.05, 4.69) is 74.5 Å². The van der Waals surface area contributed by atoms with Gasteiger partial charge in [0.2, 0.25) is 0 Å². The van der Waals surface area contributed by atoms with Gasteiger partial charge in [0, 0.05) is 9.75 Å². The number of methoxy groups -OCH3 is 1. The third-order valence-electron chi connectivity index (χ3n) is 7.18. The number of fused-ring (bicyclic) bond motifs is 1. The molecule has 0 N–H and O–H groups in total. The highest BCUT2D eigenvalue weighted by Crippen LogP contribution is 2.52. The standard InChI is InChI=1S/C30H40O2S.C3H8.C2H6/c1-9-10-11-22(23-14-16-24(17-15-23)28(31)32-8)13-12-20(2)26-21(3)25-27(33-26)30(6,7)19-18-29(25,4)5;1-3-2;1-2/h12-17H,9-11,18-19H2,1-8H3;3H2,1-2H3;1-2H3/b20-12+,22-13+;;. The molecule has 0 bridgehead atoms. The number of benzene rings is 1. The van der Waals surface area contributed by atoms with Gasteiger partial charge in [-0.3, -0.25) is 0 Å².